The summed E-state index contributed by atoms with van der Waals surface area (Å²) in [7, 11) is -3.68. The van der Waals surface area contributed by atoms with Crippen LogP contribution in [-0.2, 0) is 30.7 Å². The SMILES string of the molecule is O=C(Nc1ncc(CN2CCOCC2)s1)C(CC1CCOCC1)c1c(S(=O)(=O)C2CC2)cc[nH]c1=O. The Hall–Kier alpha value is -2.12. The maximum Gasteiger partial charge on any atom is 0.253 e. The topological polar surface area (TPSA) is 131 Å². The molecule has 10 nitrogen and oxygen atoms in total. The molecule has 36 heavy (non-hydrogen) atoms. The highest BCUT2D eigenvalue weighted by Gasteiger charge is 2.41. The third kappa shape index (κ3) is 5.88. The van der Waals surface area contributed by atoms with Gasteiger partial charge in [-0.3, -0.25) is 14.5 Å². The number of nitrogens with one attached hydrogen (secondary N) is 2. The first-order valence-electron chi connectivity index (χ1n) is 12.5. The van der Waals surface area contributed by atoms with Crippen LogP contribution in [0.1, 0.15) is 48.5 Å². The minimum Gasteiger partial charge on any atom is -0.381 e. The number of nitrogens with zero attached hydrogens (tertiary/aromatic N) is 2. The molecule has 2 aromatic rings. The number of aromatic amines is 1. The van der Waals surface area contributed by atoms with Gasteiger partial charge in [-0.05, 0) is 44.1 Å². The summed E-state index contributed by atoms with van der Waals surface area (Å²) < 4.78 is 37.3. The summed E-state index contributed by atoms with van der Waals surface area (Å²) >= 11 is 1.39. The molecular formula is C24H32N4O6S2. The van der Waals surface area contributed by atoms with Gasteiger partial charge < -0.3 is 19.8 Å². The molecule has 0 spiro atoms. The van der Waals surface area contributed by atoms with Crippen molar-refractivity contribution in [3.05, 3.63) is 39.3 Å². The number of morpholine rings is 1. The zero-order valence-electron chi connectivity index (χ0n) is 20.1. The molecule has 0 aromatic carbocycles. The van der Waals surface area contributed by atoms with Gasteiger partial charge in [-0.1, -0.05) is 0 Å². The molecular weight excluding hydrogens is 504 g/mol. The van der Waals surface area contributed by atoms with Crippen LogP contribution in [0.4, 0.5) is 5.13 Å². The molecule has 12 heteroatoms. The van der Waals surface area contributed by atoms with Gasteiger partial charge in [0.2, 0.25) is 5.91 Å². The molecule has 0 radical (unpaired) electrons. The lowest BCUT2D eigenvalue weighted by Crippen LogP contribution is -2.35. The monoisotopic (exact) mass is 536 g/mol. The van der Waals surface area contributed by atoms with Gasteiger partial charge in [0.05, 0.1) is 29.3 Å². The van der Waals surface area contributed by atoms with Crippen LogP contribution in [0, 0.1) is 5.92 Å². The van der Waals surface area contributed by atoms with Crippen molar-refractivity contribution in [1.29, 1.82) is 0 Å². The molecule has 3 fully saturated rings. The largest absolute Gasteiger partial charge is 0.381 e. The molecule has 4 heterocycles. The number of carbonyl (C=O) groups is 1. The Morgan fingerprint density at radius 2 is 1.89 bits per heavy atom. The lowest BCUT2D eigenvalue weighted by atomic mass is 9.85. The van der Waals surface area contributed by atoms with Crippen molar-refractivity contribution in [3.8, 4) is 0 Å². The molecule has 2 saturated heterocycles. The van der Waals surface area contributed by atoms with Crippen molar-refractivity contribution in [2.24, 2.45) is 5.92 Å². The van der Waals surface area contributed by atoms with Gasteiger partial charge in [-0.25, -0.2) is 13.4 Å². The summed E-state index contributed by atoms with van der Waals surface area (Å²) in [6.45, 7) is 5.01. The Balaban J connectivity index is 1.40. The van der Waals surface area contributed by atoms with Gasteiger partial charge in [0.25, 0.3) is 5.56 Å². The van der Waals surface area contributed by atoms with Gasteiger partial charge >= 0.3 is 0 Å². The Bertz CT molecular complexity index is 1230. The van der Waals surface area contributed by atoms with Crippen molar-refractivity contribution in [2.45, 2.75) is 54.7 Å². The second kappa shape index (κ2) is 11.1. The van der Waals surface area contributed by atoms with E-state index in [1.807, 2.05) is 0 Å². The average molecular weight is 537 g/mol. The first-order chi connectivity index (χ1) is 17.4. The van der Waals surface area contributed by atoms with E-state index in [4.69, 9.17) is 9.47 Å². The van der Waals surface area contributed by atoms with E-state index >= 15 is 0 Å². The first-order valence-corrected chi connectivity index (χ1v) is 14.9. The van der Waals surface area contributed by atoms with Gasteiger partial charge in [-0.2, -0.15) is 0 Å². The summed E-state index contributed by atoms with van der Waals surface area (Å²) in [6, 6.07) is 1.43. The Morgan fingerprint density at radius 3 is 2.61 bits per heavy atom. The van der Waals surface area contributed by atoms with Crippen LogP contribution in [0.2, 0.25) is 0 Å². The van der Waals surface area contributed by atoms with Crippen molar-refractivity contribution in [1.82, 2.24) is 14.9 Å². The standard InChI is InChI=1S/C24H32N4O6S2/c29-22(27-24-26-14-17(35-24)15-28-7-11-34-12-8-28)19(13-16-4-9-33-10-5-16)21-20(3-6-25-23(21)30)36(31,32)18-1-2-18/h3,6,14,16,18-19H,1-2,4-5,7-13,15H2,(H,25,30)(H,26,27,29). The predicted octanol–water partition coefficient (Wildman–Crippen LogP) is 2.14. The number of ether oxygens (including phenoxy) is 2. The molecule has 1 saturated carbocycles. The Morgan fingerprint density at radius 1 is 1.17 bits per heavy atom. The maximum absolute atomic E-state index is 13.7. The van der Waals surface area contributed by atoms with Crippen molar-refractivity contribution in [3.63, 3.8) is 0 Å². The van der Waals surface area contributed by atoms with Gasteiger partial charge in [-0.15, -0.1) is 11.3 Å². The number of rotatable bonds is 9. The van der Waals surface area contributed by atoms with E-state index in [1.165, 1.54) is 23.6 Å². The summed E-state index contributed by atoms with van der Waals surface area (Å²) in [5.41, 5.74) is -0.491. The third-order valence-electron chi connectivity index (χ3n) is 7.07. The number of carbonyl (C=O) groups excluding carboxylic acids is 1. The highest BCUT2D eigenvalue weighted by Crippen LogP contribution is 2.38. The number of hydrogen-bond acceptors (Lipinski definition) is 9. The molecule has 0 bridgehead atoms. The quantitative estimate of drug-likeness (QED) is 0.499. The first kappa shape index (κ1) is 25.5. The van der Waals surface area contributed by atoms with Crippen molar-refractivity contribution < 1.29 is 22.7 Å². The number of H-pyrrole nitrogens is 1. The number of sulfone groups is 1. The van der Waals surface area contributed by atoms with Crippen LogP contribution in [0.25, 0.3) is 0 Å². The van der Waals surface area contributed by atoms with Gasteiger partial charge in [0.1, 0.15) is 0 Å². The van der Waals surface area contributed by atoms with E-state index in [0.717, 1.165) is 37.4 Å². The summed E-state index contributed by atoms with van der Waals surface area (Å²) in [6.07, 6.45) is 6.17. The lowest BCUT2D eigenvalue weighted by molar-refractivity contribution is -0.118. The Labute approximate surface area is 214 Å². The van der Waals surface area contributed by atoms with Crippen LogP contribution in [-0.4, -0.2) is 74.0 Å². The van der Waals surface area contributed by atoms with Gasteiger partial charge in [0, 0.05) is 55.7 Å². The zero-order chi connectivity index (χ0) is 25.1. The fraction of sp³-hybridized carbons (Fsp3) is 0.625. The number of aromatic nitrogens is 2. The second-order valence-electron chi connectivity index (χ2n) is 9.68. The highest BCUT2D eigenvalue weighted by atomic mass is 32.2. The van der Waals surface area contributed by atoms with Crippen LogP contribution in [0.3, 0.4) is 0 Å². The van der Waals surface area contributed by atoms with E-state index in [9.17, 15) is 18.0 Å². The van der Waals surface area contributed by atoms with Crippen LogP contribution in [0.5, 0.6) is 0 Å². The molecule has 1 unspecified atom stereocenters. The van der Waals surface area contributed by atoms with Gasteiger partial charge in [0.15, 0.2) is 15.0 Å². The van der Waals surface area contributed by atoms with E-state index in [1.54, 1.807) is 6.20 Å². The highest BCUT2D eigenvalue weighted by molar-refractivity contribution is 7.92. The molecule has 1 aliphatic carbocycles. The van der Waals surface area contributed by atoms with Crippen molar-refractivity contribution in [2.75, 3.05) is 44.8 Å². The smallest absolute Gasteiger partial charge is 0.253 e. The molecule has 2 N–H and O–H groups in total. The molecule has 196 valence electrons. The minimum atomic E-state index is -3.68. The fourth-order valence-corrected chi connectivity index (χ4v) is 7.66. The number of anilines is 1. The summed E-state index contributed by atoms with van der Waals surface area (Å²) in [4.78, 5) is 36.9. The molecule has 1 atom stereocenters. The molecule has 2 aliphatic heterocycles. The third-order valence-corrected chi connectivity index (χ3v) is 10.3. The van der Waals surface area contributed by atoms with E-state index < -0.39 is 32.5 Å². The zero-order valence-corrected chi connectivity index (χ0v) is 21.7. The predicted molar refractivity (Wildman–Crippen MR) is 135 cm³/mol. The molecule has 3 aliphatic rings. The van der Waals surface area contributed by atoms with Crippen LogP contribution >= 0.6 is 11.3 Å². The fourth-order valence-electron chi connectivity index (χ4n) is 4.89. The lowest BCUT2D eigenvalue weighted by Gasteiger charge is -2.26. The average Bonchev–Trinajstić information content (AvgIpc) is 3.66. The number of thiazole rings is 1. The number of hydrogen-bond donors (Lipinski definition) is 2. The minimum absolute atomic E-state index is 0.0203. The van der Waals surface area contributed by atoms with Crippen molar-refractivity contribution >= 4 is 32.2 Å². The summed E-state index contributed by atoms with van der Waals surface area (Å²) in [5.74, 6) is -1.16. The number of pyridine rings is 1. The summed E-state index contributed by atoms with van der Waals surface area (Å²) in [5, 5.41) is 2.85. The van der Waals surface area contributed by atoms with E-state index in [2.05, 4.69) is 20.2 Å². The molecule has 1 amide bonds. The van der Waals surface area contributed by atoms with E-state index in [0.29, 0.717) is 50.8 Å². The van der Waals surface area contributed by atoms with Crippen LogP contribution in [0.15, 0.2) is 28.2 Å². The molecule has 5 rings (SSSR count). The molecule has 2 aromatic heterocycles. The second-order valence-corrected chi connectivity index (χ2v) is 13.0. The number of amides is 1. The van der Waals surface area contributed by atoms with E-state index in [-0.39, 0.29) is 16.4 Å². The maximum atomic E-state index is 13.7. The normalized spacial score (nSPS) is 20.8. The van der Waals surface area contributed by atoms with Crippen LogP contribution < -0.4 is 10.9 Å². The Kier molecular flexibility index (Phi) is 7.87.